The topological polar surface area (TPSA) is 66.5 Å². The molecular formula is C25H27Cl3N2O3S. The lowest BCUT2D eigenvalue weighted by Gasteiger charge is -2.54. The maximum absolute atomic E-state index is 12.8. The molecule has 2 aromatic carbocycles. The van der Waals surface area contributed by atoms with Crippen LogP contribution in [0.3, 0.4) is 0 Å². The molecule has 9 heteroatoms. The van der Waals surface area contributed by atoms with Gasteiger partial charge in [-0.05, 0) is 91.5 Å². The normalized spacial score (nSPS) is 27.6. The lowest BCUT2D eigenvalue weighted by molar-refractivity contribution is -0.114. The minimum Gasteiger partial charge on any atom is -0.325 e. The number of carbonyl (C=O) groups is 1. The van der Waals surface area contributed by atoms with E-state index in [0.717, 1.165) is 34.2 Å². The average Bonchev–Trinajstić information content (AvgIpc) is 2.74. The predicted molar refractivity (Wildman–Crippen MR) is 139 cm³/mol. The monoisotopic (exact) mass is 540 g/mol. The first-order chi connectivity index (χ1) is 16.1. The van der Waals surface area contributed by atoms with Crippen LogP contribution < -0.4 is 9.62 Å². The Kier molecular flexibility index (Phi) is 6.56. The van der Waals surface area contributed by atoms with Crippen molar-refractivity contribution in [1.82, 2.24) is 0 Å². The summed E-state index contributed by atoms with van der Waals surface area (Å²) in [4.78, 5) is 12.8. The summed E-state index contributed by atoms with van der Waals surface area (Å²) in [5.74, 6) is 3.58. The Morgan fingerprint density at radius 1 is 0.912 bits per heavy atom. The maximum Gasteiger partial charge on any atom is 0.245 e. The van der Waals surface area contributed by atoms with Crippen LogP contribution in [0.25, 0.3) is 0 Å². The number of hydrogen-bond acceptors (Lipinski definition) is 3. The first-order valence-corrected chi connectivity index (χ1v) is 14.6. The van der Waals surface area contributed by atoms with Crippen molar-refractivity contribution in [2.24, 2.45) is 23.7 Å². The van der Waals surface area contributed by atoms with E-state index in [1.165, 1.54) is 49.8 Å². The molecule has 1 amide bonds. The van der Waals surface area contributed by atoms with Gasteiger partial charge in [0.15, 0.2) is 0 Å². The highest BCUT2D eigenvalue weighted by Gasteiger charge is 2.48. The molecular weight excluding hydrogens is 515 g/mol. The summed E-state index contributed by atoms with van der Waals surface area (Å²) in [6.45, 7) is -0.437. The smallest absolute Gasteiger partial charge is 0.245 e. The fraction of sp³-hybridized carbons (Fsp3) is 0.480. The van der Waals surface area contributed by atoms with Crippen LogP contribution in [-0.4, -0.2) is 27.1 Å². The van der Waals surface area contributed by atoms with E-state index in [9.17, 15) is 13.2 Å². The Bertz CT molecular complexity index is 1190. The molecule has 182 valence electrons. The molecule has 0 atom stereocenters. The lowest BCUT2D eigenvalue weighted by Crippen LogP contribution is -2.43. The molecule has 1 N–H and O–H groups in total. The second-order valence-electron chi connectivity index (χ2n) is 10.1. The fourth-order valence-electron chi connectivity index (χ4n) is 6.67. The van der Waals surface area contributed by atoms with Crippen LogP contribution in [0.4, 0.5) is 11.4 Å². The number of nitrogens with zero attached hydrogens (tertiary/aromatic N) is 1. The van der Waals surface area contributed by atoms with Gasteiger partial charge in [0.2, 0.25) is 15.9 Å². The standard InChI is InChI=1S/C25H27Cl3N2O3S/c1-34(32,33)30(23-12-21(27)20(26)11-22(23)28)13-24(31)29-19-4-2-16(3-5-19)25-17-7-14-6-15(9-17)10-18(25)8-14/h2-5,11-12,14-15,17-18,25H,6-10,13H2,1H3,(H,29,31). The molecule has 0 heterocycles. The number of carbonyl (C=O) groups excluding carboxylic acids is 1. The summed E-state index contributed by atoms with van der Waals surface area (Å²) < 4.78 is 25.8. The van der Waals surface area contributed by atoms with Gasteiger partial charge in [0.05, 0.1) is 27.0 Å². The number of amides is 1. The van der Waals surface area contributed by atoms with Gasteiger partial charge in [0, 0.05) is 5.69 Å². The molecule has 2 aromatic rings. The molecule has 0 radical (unpaired) electrons. The number of nitrogens with one attached hydrogen (secondary N) is 1. The van der Waals surface area contributed by atoms with Crippen molar-refractivity contribution in [2.75, 3.05) is 22.4 Å². The summed E-state index contributed by atoms with van der Waals surface area (Å²) in [6, 6.07) is 10.8. The van der Waals surface area contributed by atoms with Crippen LogP contribution in [0, 0.1) is 23.7 Å². The first-order valence-electron chi connectivity index (χ1n) is 11.6. The third-order valence-electron chi connectivity index (χ3n) is 7.75. The Morgan fingerprint density at radius 3 is 2.03 bits per heavy atom. The average molecular weight is 542 g/mol. The molecule has 34 heavy (non-hydrogen) atoms. The second kappa shape index (κ2) is 9.20. The van der Waals surface area contributed by atoms with Gasteiger partial charge in [0.25, 0.3) is 0 Å². The van der Waals surface area contributed by atoms with Gasteiger partial charge >= 0.3 is 0 Å². The Balaban J connectivity index is 1.29. The van der Waals surface area contributed by atoms with Crippen molar-refractivity contribution < 1.29 is 13.2 Å². The zero-order chi connectivity index (χ0) is 24.2. The summed E-state index contributed by atoms with van der Waals surface area (Å²) in [7, 11) is -3.80. The fourth-order valence-corrected chi connectivity index (χ4v) is 8.23. The zero-order valence-electron chi connectivity index (χ0n) is 18.8. The van der Waals surface area contributed by atoms with E-state index < -0.39 is 22.5 Å². The number of hydrogen-bond donors (Lipinski definition) is 1. The van der Waals surface area contributed by atoms with E-state index in [2.05, 4.69) is 17.4 Å². The molecule has 4 bridgehead atoms. The van der Waals surface area contributed by atoms with Crippen LogP contribution in [0.1, 0.15) is 43.6 Å². The number of anilines is 2. The molecule has 0 unspecified atom stereocenters. The van der Waals surface area contributed by atoms with Gasteiger partial charge in [0.1, 0.15) is 6.54 Å². The summed E-state index contributed by atoms with van der Waals surface area (Å²) >= 11 is 18.2. The molecule has 5 nitrogen and oxygen atoms in total. The van der Waals surface area contributed by atoms with Gasteiger partial charge in [-0.2, -0.15) is 0 Å². The van der Waals surface area contributed by atoms with Crippen molar-refractivity contribution in [2.45, 2.75) is 38.0 Å². The molecule has 4 saturated carbocycles. The molecule has 0 saturated heterocycles. The largest absolute Gasteiger partial charge is 0.325 e. The summed E-state index contributed by atoms with van der Waals surface area (Å²) in [6.07, 6.45) is 7.87. The quantitative estimate of drug-likeness (QED) is 0.420. The number of sulfonamides is 1. The van der Waals surface area contributed by atoms with Crippen molar-refractivity contribution in [3.63, 3.8) is 0 Å². The highest BCUT2D eigenvalue weighted by molar-refractivity contribution is 7.92. The first kappa shape index (κ1) is 24.2. The van der Waals surface area contributed by atoms with Crippen LogP contribution >= 0.6 is 34.8 Å². The number of halogens is 3. The SMILES string of the molecule is CS(=O)(=O)N(CC(=O)Nc1ccc(C2C3CC4CC(C3)CC2C4)cc1)c1cc(Cl)c(Cl)cc1Cl. The highest BCUT2D eigenvalue weighted by Crippen LogP contribution is 2.59. The van der Waals surface area contributed by atoms with Gasteiger partial charge in [-0.15, -0.1) is 0 Å². The van der Waals surface area contributed by atoms with Crippen molar-refractivity contribution >= 4 is 62.1 Å². The van der Waals surface area contributed by atoms with Gasteiger partial charge < -0.3 is 5.32 Å². The zero-order valence-corrected chi connectivity index (χ0v) is 21.9. The molecule has 6 rings (SSSR count). The number of benzene rings is 2. The van der Waals surface area contributed by atoms with E-state index in [0.29, 0.717) is 11.6 Å². The Hall–Kier alpha value is -1.47. The maximum atomic E-state index is 12.8. The predicted octanol–water partition coefficient (Wildman–Crippen LogP) is 6.59. The summed E-state index contributed by atoms with van der Waals surface area (Å²) in [5.41, 5.74) is 2.09. The van der Waals surface area contributed by atoms with Crippen molar-refractivity contribution in [3.05, 3.63) is 57.0 Å². The van der Waals surface area contributed by atoms with Gasteiger partial charge in [-0.25, -0.2) is 8.42 Å². The molecule has 0 aliphatic heterocycles. The third-order valence-corrected chi connectivity index (χ3v) is 9.90. The Morgan fingerprint density at radius 2 is 1.47 bits per heavy atom. The summed E-state index contributed by atoms with van der Waals surface area (Å²) in [5, 5.41) is 3.25. The van der Waals surface area contributed by atoms with Crippen molar-refractivity contribution in [3.8, 4) is 0 Å². The van der Waals surface area contributed by atoms with E-state index in [1.807, 2.05) is 12.1 Å². The van der Waals surface area contributed by atoms with Gasteiger partial charge in [-0.3, -0.25) is 9.10 Å². The molecule has 4 fully saturated rings. The van der Waals surface area contributed by atoms with Crippen molar-refractivity contribution in [1.29, 1.82) is 0 Å². The van der Waals surface area contributed by atoms with E-state index in [4.69, 9.17) is 34.8 Å². The molecule has 4 aliphatic rings. The third kappa shape index (κ3) is 4.79. The lowest BCUT2D eigenvalue weighted by atomic mass is 9.51. The van der Waals surface area contributed by atoms with E-state index in [1.54, 1.807) is 0 Å². The number of rotatable bonds is 6. The molecule has 0 aromatic heterocycles. The van der Waals surface area contributed by atoms with Crippen LogP contribution in [-0.2, 0) is 14.8 Å². The molecule has 4 aliphatic carbocycles. The minimum atomic E-state index is -3.80. The second-order valence-corrected chi connectivity index (χ2v) is 13.2. The van der Waals surface area contributed by atoms with Crippen LogP contribution in [0.15, 0.2) is 36.4 Å². The van der Waals surface area contributed by atoms with Crippen LogP contribution in [0.5, 0.6) is 0 Å². The van der Waals surface area contributed by atoms with E-state index in [-0.39, 0.29) is 20.8 Å². The molecule has 0 spiro atoms. The van der Waals surface area contributed by atoms with Crippen LogP contribution in [0.2, 0.25) is 15.1 Å². The van der Waals surface area contributed by atoms with Gasteiger partial charge in [-0.1, -0.05) is 46.9 Å². The minimum absolute atomic E-state index is 0.0904. The Labute approximate surface area is 215 Å². The highest BCUT2D eigenvalue weighted by atomic mass is 35.5. The van der Waals surface area contributed by atoms with E-state index >= 15 is 0 Å².